The summed E-state index contributed by atoms with van der Waals surface area (Å²) >= 11 is 0. The van der Waals surface area contributed by atoms with E-state index in [9.17, 15) is 46.1 Å². The van der Waals surface area contributed by atoms with E-state index in [1.807, 2.05) is 107 Å². The van der Waals surface area contributed by atoms with E-state index in [1.165, 1.54) is 11.1 Å². The fourth-order valence-electron chi connectivity index (χ4n) is 12.8. The fourth-order valence-corrected chi connectivity index (χ4v) is 12.8. The highest BCUT2D eigenvalue weighted by molar-refractivity contribution is 5.99. The van der Waals surface area contributed by atoms with Crippen LogP contribution >= 0.6 is 0 Å². The molecule has 500 valence electrons. The van der Waals surface area contributed by atoms with Gasteiger partial charge in [-0.1, -0.05) is 157 Å². The topological polar surface area (TPSA) is 324 Å². The van der Waals surface area contributed by atoms with Crippen LogP contribution in [0, 0.1) is 0 Å². The largest absolute Gasteiger partial charge is 0.490 e. The van der Waals surface area contributed by atoms with Gasteiger partial charge in [0.15, 0.2) is 23.0 Å². The average Bonchev–Trinajstić information content (AvgIpc) is 1.57. The number of nitrogens with zero attached hydrogens (tertiary/aromatic N) is 12. The third-order valence-corrected chi connectivity index (χ3v) is 17.4. The van der Waals surface area contributed by atoms with Crippen molar-refractivity contribution in [1.29, 1.82) is 0 Å². The number of carbonyl (C=O) groups excluding carboxylic acids is 2. The van der Waals surface area contributed by atoms with Crippen LogP contribution in [0.5, 0.6) is 0 Å². The zero-order valence-electron chi connectivity index (χ0n) is 51.2. The number of aromatic nitrogens is 12. The molecule has 0 radical (unpaired) electrons. The third kappa shape index (κ3) is 17.7. The molecule has 30 heteroatoms. The first-order valence-electron chi connectivity index (χ1n) is 31.0. The first kappa shape index (κ1) is 69.1. The second kappa shape index (κ2) is 31.6. The lowest BCUT2D eigenvalue weighted by atomic mass is 9.77. The highest BCUT2D eigenvalue weighted by atomic mass is 19.4. The average molecular weight is 1310 g/mol. The van der Waals surface area contributed by atoms with Crippen LogP contribution in [0.3, 0.4) is 0 Å². The van der Waals surface area contributed by atoms with Crippen LogP contribution < -0.4 is 10.6 Å². The number of tetrazole rings is 2. The van der Waals surface area contributed by atoms with Gasteiger partial charge in [-0.15, -0.1) is 20.4 Å². The Labute approximate surface area is 536 Å². The third-order valence-electron chi connectivity index (χ3n) is 17.4. The number of carboxylic acids is 2. The summed E-state index contributed by atoms with van der Waals surface area (Å²) in [6.07, 6.45) is 3.80. The van der Waals surface area contributed by atoms with Gasteiger partial charge in [0.25, 0.3) is 11.8 Å². The minimum absolute atomic E-state index is 0.0268. The van der Waals surface area contributed by atoms with E-state index < -0.39 is 35.5 Å². The number of amides is 2. The van der Waals surface area contributed by atoms with E-state index in [4.69, 9.17) is 29.8 Å². The van der Waals surface area contributed by atoms with Gasteiger partial charge in [0, 0.05) is 75.3 Å². The molecule has 2 saturated heterocycles. The van der Waals surface area contributed by atoms with Crippen molar-refractivity contribution in [1.82, 2.24) is 80.8 Å². The van der Waals surface area contributed by atoms with E-state index >= 15 is 0 Å². The van der Waals surface area contributed by atoms with Gasteiger partial charge in [-0.3, -0.25) is 9.59 Å². The number of imidazole rings is 2. The van der Waals surface area contributed by atoms with E-state index in [2.05, 4.69) is 85.3 Å². The van der Waals surface area contributed by atoms with E-state index in [1.54, 1.807) is 12.7 Å². The van der Waals surface area contributed by atoms with Crippen molar-refractivity contribution < 1.29 is 65.9 Å². The molecule has 4 aliphatic rings. The summed E-state index contributed by atoms with van der Waals surface area (Å²) in [6.45, 7) is 4.21. The fraction of sp³-hybridized carbons (Fsp3) is 0.438. The SMILES string of the molecule is O=C(O)C(F)(F)F.O=C(O)C(F)(F)F.O=C(c1ncn([C@@H]2CCCC[C@@]2(O)CCc2nn[nH]n2)c1-c1ccccc1)N1CCNC[C@H]1Cc1ccccc1.O=C(c1ncn([C@H]2CCCC[C@]2(O)CCc2nn[nH]n2)c1-c1ccccc1)N1CCNC[C@H]1Cc1ccccc1. The maximum absolute atomic E-state index is 14.3. The second-order valence-electron chi connectivity index (χ2n) is 23.5. The number of aromatic amines is 2. The number of nitrogens with one attached hydrogen (secondary N) is 4. The van der Waals surface area contributed by atoms with Crippen LogP contribution in [0.1, 0.15) is 120 Å². The van der Waals surface area contributed by atoms with Crippen LogP contribution in [-0.4, -0.2) is 189 Å². The van der Waals surface area contributed by atoms with E-state index in [0.29, 0.717) is 74.7 Å². The molecule has 0 spiro atoms. The van der Waals surface area contributed by atoms with Crippen molar-refractivity contribution in [2.24, 2.45) is 0 Å². The van der Waals surface area contributed by atoms with Crippen LogP contribution in [0.2, 0.25) is 0 Å². The predicted octanol–water partition coefficient (Wildman–Crippen LogP) is 7.66. The molecular weight excluding hydrogens is 1230 g/mol. The molecule has 2 aliphatic heterocycles. The Bertz CT molecular complexity index is 3440. The molecule has 0 bridgehead atoms. The van der Waals surface area contributed by atoms with Crippen LogP contribution in [-0.2, 0) is 35.3 Å². The Morgan fingerprint density at radius 3 is 1.20 bits per heavy atom. The molecule has 2 amide bonds. The maximum atomic E-state index is 14.3. The molecule has 4 aromatic carbocycles. The molecule has 94 heavy (non-hydrogen) atoms. The Morgan fingerprint density at radius 2 is 0.872 bits per heavy atom. The summed E-state index contributed by atoms with van der Waals surface area (Å²) in [5, 5.41) is 73.8. The van der Waals surface area contributed by atoms with E-state index in [-0.39, 0.29) is 36.0 Å². The Kier molecular flexibility index (Phi) is 23.2. The number of hydrogen-bond donors (Lipinski definition) is 8. The van der Waals surface area contributed by atoms with Gasteiger partial charge in [-0.2, -0.15) is 36.8 Å². The highest BCUT2D eigenvalue weighted by Crippen LogP contribution is 2.45. The number of halogens is 6. The zero-order valence-corrected chi connectivity index (χ0v) is 51.2. The Balaban J connectivity index is 0.000000184. The summed E-state index contributed by atoms with van der Waals surface area (Å²) in [5.74, 6) is -4.46. The second-order valence-corrected chi connectivity index (χ2v) is 23.5. The lowest BCUT2D eigenvalue weighted by Gasteiger charge is -2.41. The molecule has 8 N–H and O–H groups in total. The van der Waals surface area contributed by atoms with Gasteiger partial charge in [-0.05, 0) is 62.5 Å². The highest BCUT2D eigenvalue weighted by Gasteiger charge is 2.45. The van der Waals surface area contributed by atoms with Crippen molar-refractivity contribution in [2.75, 3.05) is 39.3 Å². The summed E-state index contributed by atoms with van der Waals surface area (Å²) in [4.78, 5) is 59.8. The van der Waals surface area contributed by atoms with Crippen LogP contribution in [0.25, 0.3) is 22.5 Å². The number of H-pyrrole nitrogens is 2. The molecule has 6 heterocycles. The summed E-state index contributed by atoms with van der Waals surface area (Å²) in [7, 11) is 0. The molecule has 4 aromatic heterocycles. The molecule has 8 aromatic rings. The Hall–Kier alpha value is -9.26. The summed E-state index contributed by atoms with van der Waals surface area (Å²) in [5.41, 5.74) is 4.72. The Morgan fingerprint density at radius 1 is 0.521 bits per heavy atom. The molecule has 24 nitrogen and oxygen atoms in total. The van der Waals surface area contributed by atoms with Crippen molar-refractivity contribution in [3.8, 4) is 22.5 Å². The number of alkyl halides is 6. The number of carboxylic acid groups (broad SMARTS) is 2. The van der Waals surface area contributed by atoms with Gasteiger partial charge >= 0.3 is 24.3 Å². The first-order valence-corrected chi connectivity index (χ1v) is 31.0. The molecule has 12 rings (SSSR count). The number of hydrogen-bond acceptors (Lipinski definition) is 16. The van der Waals surface area contributed by atoms with Crippen LogP contribution in [0.4, 0.5) is 26.3 Å². The molecule has 0 unspecified atom stereocenters. The van der Waals surface area contributed by atoms with Gasteiger partial charge in [0.2, 0.25) is 0 Å². The van der Waals surface area contributed by atoms with Crippen LogP contribution in [0.15, 0.2) is 134 Å². The smallest absolute Gasteiger partial charge is 0.475 e. The number of aryl methyl sites for hydroxylation is 2. The lowest BCUT2D eigenvalue weighted by molar-refractivity contribution is -0.193. The molecule has 2 aliphatic carbocycles. The van der Waals surface area contributed by atoms with Crippen molar-refractivity contribution in [3.05, 3.63) is 168 Å². The number of aliphatic carboxylic acids is 2. The monoisotopic (exact) mass is 1310 g/mol. The number of benzene rings is 4. The molecular formula is C64H74F6N16O8. The number of piperazine rings is 2. The summed E-state index contributed by atoms with van der Waals surface area (Å²) < 4.78 is 67.6. The predicted molar refractivity (Wildman–Crippen MR) is 328 cm³/mol. The molecule has 4 fully saturated rings. The van der Waals surface area contributed by atoms with Gasteiger partial charge < -0.3 is 50.0 Å². The van der Waals surface area contributed by atoms with Gasteiger partial charge in [0.05, 0.1) is 47.3 Å². The quantitative estimate of drug-likeness (QED) is 0.0430. The van der Waals surface area contributed by atoms with Gasteiger partial charge in [-0.25, -0.2) is 19.6 Å². The van der Waals surface area contributed by atoms with Crippen molar-refractivity contribution in [2.45, 2.75) is 138 Å². The minimum atomic E-state index is -5.08. The minimum Gasteiger partial charge on any atom is -0.475 e. The normalized spacial score (nSPS) is 21.5. The molecule has 2 saturated carbocycles. The van der Waals surface area contributed by atoms with Crippen molar-refractivity contribution in [3.63, 3.8) is 0 Å². The summed E-state index contributed by atoms with van der Waals surface area (Å²) in [6, 6.07) is 40.2. The molecule has 6 atom stereocenters. The standard InChI is InChI=1S/2C30H36N8O2.2C2HF3O2/c2*39-29(37-18-17-31-20-24(37)19-22-9-3-1-4-10-22)27-28(23-11-5-2-6-12-23)38(21-32-27)25-13-7-8-15-30(25,40)16-14-26-33-35-36-34-26;2*3-2(4,5)1(6)7/h2*1-6,9-12,21,24-25,31,40H,7-8,13-20H2,(H,33,34,35,36);2*(H,6,7)/t24-,25+,30+;24-,25-,30-;;/m11../s1. The maximum Gasteiger partial charge on any atom is 0.490 e. The van der Waals surface area contributed by atoms with Crippen molar-refractivity contribution >= 4 is 23.8 Å². The zero-order chi connectivity index (χ0) is 66.9. The number of aliphatic hydroxyl groups is 2. The lowest BCUT2D eigenvalue weighted by Crippen LogP contribution is -2.54. The first-order chi connectivity index (χ1) is 45.1. The van der Waals surface area contributed by atoms with Gasteiger partial charge in [0.1, 0.15) is 0 Å². The van der Waals surface area contributed by atoms with E-state index in [0.717, 1.165) is 100 Å². The number of rotatable bonds is 16. The number of carbonyl (C=O) groups is 4.